The number of benzene rings is 1. The van der Waals surface area contributed by atoms with Gasteiger partial charge in [0.05, 0.1) is 17.6 Å². The smallest absolute Gasteiger partial charge is 0.138 e. The van der Waals surface area contributed by atoms with E-state index in [1.807, 2.05) is 26.0 Å². The molecule has 3 nitrogen and oxygen atoms in total. The summed E-state index contributed by atoms with van der Waals surface area (Å²) in [4.78, 5) is 0. The zero-order valence-electron chi connectivity index (χ0n) is 12.6. The van der Waals surface area contributed by atoms with Gasteiger partial charge in [-0.25, -0.2) is 0 Å². The van der Waals surface area contributed by atoms with Gasteiger partial charge in [-0.15, -0.1) is 0 Å². The second-order valence-electron chi connectivity index (χ2n) is 4.87. The van der Waals surface area contributed by atoms with E-state index in [-0.39, 0.29) is 6.04 Å². The Kier molecular flexibility index (Phi) is 5.36. The molecule has 1 heterocycles. The van der Waals surface area contributed by atoms with Gasteiger partial charge < -0.3 is 14.5 Å². The molecule has 0 aliphatic heterocycles. The Labute approximate surface area is 138 Å². The number of furan rings is 1. The zero-order valence-corrected chi connectivity index (χ0v) is 14.9. The lowest BCUT2D eigenvalue weighted by Crippen LogP contribution is -2.23. The Hall–Kier alpha value is -0.970. The fraction of sp³-hybridized carbons (Fsp3) is 0.375. The maximum atomic E-state index is 6.22. The van der Waals surface area contributed by atoms with Crippen molar-refractivity contribution in [1.29, 1.82) is 0 Å². The molecule has 21 heavy (non-hydrogen) atoms. The molecule has 1 unspecified atom stereocenters. The number of hydrogen-bond donors (Lipinski definition) is 1. The minimum Gasteiger partial charge on any atom is -0.495 e. The fourth-order valence-electron chi connectivity index (χ4n) is 2.54. The molecule has 0 saturated heterocycles. The third-order valence-electron chi connectivity index (χ3n) is 3.35. The van der Waals surface area contributed by atoms with Gasteiger partial charge in [0, 0.05) is 16.1 Å². The number of halogens is 2. The van der Waals surface area contributed by atoms with E-state index in [0.29, 0.717) is 5.02 Å². The first-order chi connectivity index (χ1) is 9.97. The molecular formula is C16H19BrClNO2. The van der Waals surface area contributed by atoms with Gasteiger partial charge in [0.15, 0.2) is 0 Å². The van der Waals surface area contributed by atoms with Gasteiger partial charge in [0.25, 0.3) is 0 Å². The van der Waals surface area contributed by atoms with E-state index in [4.69, 9.17) is 20.8 Å². The minimum absolute atomic E-state index is 0.0302. The molecule has 2 rings (SSSR count). The first-order valence-electron chi connectivity index (χ1n) is 6.81. The first kappa shape index (κ1) is 16.4. The normalized spacial score (nSPS) is 12.5. The molecule has 1 aromatic heterocycles. The summed E-state index contributed by atoms with van der Waals surface area (Å²) in [5, 5.41) is 4.14. The summed E-state index contributed by atoms with van der Waals surface area (Å²) in [6.07, 6.45) is 0. The number of nitrogens with one attached hydrogen (secondary N) is 1. The van der Waals surface area contributed by atoms with E-state index in [9.17, 15) is 0 Å². The molecule has 0 saturated carbocycles. The predicted octanol–water partition coefficient (Wildman–Crippen LogP) is 5.02. The highest BCUT2D eigenvalue weighted by Gasteiger charge is 2.23. The molecule has 114 valence electrons. The molecule has 1 atom stereocenters. The summed E-state index contributed by atoms with van der Waals surface area (Å²) >= 11 is 9.73. The third-order valence-corrected chi connectivity index (χ3v) is 4.16. The van der Waals surface area contributed by atoms with E-state index in [1.54, 1.807) is 7.11 Å². The van der Waals surface area contributed by atoms with E-state index < -0.39 is 0 Å². The number of methoxy groups -OCH3 is 1. The highest BCUT2D eigenvalue weighted by molar-refractivity contribution is 9.10. The van der Waals surface area contributed by atoms with Crippen molar-refractivity contribution in [3.8, 4) is 5.75 Å². The van der Waals surface area contributed by atoms with E-state index in [1.165, 1.54) is 0 Å². The summed E-state index contributed by atoms with van der Waals surface area (Å²) in [6.45, 7) is 6.81. The quantitative estimate of drug-likeness (QED) is 0.800. The topological polar surface area (TPSA) is 34.4 Å². The number of aryl methyl sites for hydroxylation is 2. The average Bonchev–Trinajstić information content (AvgIpc) is 2.74. The lowest BCUT2D eigenvalue weighted by Gasteiger charge is -2.21. The van der Waals surface area contributed by atoms with Crippen LogP contribution in [0.2, 0.25) is 5.02 Å². The highest BCUT2D eigenvalue weighted by Crippen LogP contribution is 2.39. The molecule has 0 radical (unpaired) electrons. The highest BCUT2D eigenvalue weighted by atomic mass is 79.9. The molecule has 0 bridgehead atoms. The van der Waals surface area contributed by atoms with Crippen LogP contribution in [0.1, 0.15) is 35.6 Å². The molecule has 1 N–H and O–H groups in total. The monoisotopic (exact) mass is 371 g/mol. The Bertz CT molecular complexity index is 639. The molecule has 0 aliphatic rings. The van der Waals surface area contributed by atoms with Gasteiger partial charge in [0.2, 0.25) is 0 Å². The summed E-state index contributed by atoms with van der Waals surface area (Å²) < 4.78 is 12.1. The van der Waals surface area contributed by atoms with Crippen molar-refractivity contribution >= 4 is 27.5 Å². The van der Waals surface area contributed by atoms with E-state index in [2.05, 4.69) is 34.2 Å². The first-order valence-corrected chi connectivity index (χ1v) is 7.98. The zero-order chi connectivity index (χ0) is 15.6. The summed E-state index contributed by atoms with van der Waals surface area (Å²) in [7, 11) is 1.66. The second-order valence-corrected chi connectivity index (χ2v) is 6.16. The van der Waals surface area contributed by atoms with Crippen molar-refractivity contribution in [2.75, 3.05) is 13.7 Å². The van der Waals surface area contributed by atoms with Gasteiger partial charge in [-0.1, -0.05) is 18.5 Å². The van der Waals surface area contributed by atoms with Crippen molar-refractivity contribution in [2.24, 2.45) is 0 Å². The SMILES string of the molecule is CCNC(c1cc(C)oc1C)c1cc(Cl)cc(Br)c1OC. The van der Waals surface area contributed by atoms with Gasteiger partial charge in [-0.3, -0.25) is 0 Å². The van der Waals surface area contributed by atoms with Crippen molar-refractivity contribution in [1.82, 2.24) is 5.32 Å². The van der Waals surface area contributed by atoms with E-state index >= 15 is 0 Å². The van der Waals surface area contributed by atoms with Crippen LogP contribution in [0.4, 0.5) is 0 Å². The van der Waals surface area contributed by atoms with Crippen LogP contribution >= 0.6 is 27.5 Å². The van der Waals surface area contributed by atoms with Crippen LogP contribution in [0.3, 0.4) is 0 Å². The molecule has 0 amide bonds. The lowest BCUT2D eigenvalue weighted by molar-refractivity contribution is 0.401. The van der Waals surface area contributed by atoms with E-state index in [0.717, 1.165) is 39.4 Å². The third kappa shape index (κ3) is 3.44. The Morgan fingerprint density at radius 1 is 1.29 bits per heavy atom. The molecule has 0 fully saturated rings. The van der Waals surface area contributed by atoms with Crippen LogP contribution < -0.4 is 10.1 Å². The van der Waals surface area contributed by atoms with Crippen molar-refractivity contribution in [3.63, 3.8) is 0 Å². The number of rotatable bonds is 5. The van der Waals surface area contributed by atoms with Crippen LogP contribution in [0.5, 0.6) is 5.75 Å². The summed E-state index contributed by atoms with van der Waals surface area (Å²) in [6, 6.07) is 5.79. The molecule has 0 spiro atoms. The van der Waals surface area contributed by atoms with Crippen LogP contribution in [0.15, 0.2) is 27.1 Å². The fourth-order valence-corrected chi connectivity index (χ4v) is 3.53. The number of ether oxygens (including phenoxy) is 1. The van der Waals surface area contributed by atoms with Gasteiger partial charge >= 0.3 is 0 Å². The molecular weight excluding hydrogens is 354 g/mol. The van der Waals surface area contributed by atoms with Crippen LogP contribution in [-0.2, 0) is 0 Å². The molecule has 5 heteroatoms. The number of hydrogen-bond acceptors (Lipinski definition) is 3. The Morgan fingerprint density at radius 3 is 2.52 bits per heavy atom. The Balaban J connectivity index is 2.60. The minimum atomic E-state index is -0.0302. The van der Waals surface area contributed by atoms with Gasteiger partial charge in [0.1, 0.15) is 17.3 Å². The predicted molar refractivity (Wildman–Crippen MR) is 89.4 cm³/mol. The molecule has 1 aromatic carbocycles. The van der Waals surface area contributed by atoms with Gasteiger partial charge in [-0.05, 0) is 54.5 Å². The lowest BCUT2D eigenvalue weighted by atomic mass is 9.98. The standard InChI is InChI=1S/C16H19BrClNO2/c1-5-19-15(12-6-9(2)21-10(12)3)13-7-11(18)8-14(17)16(13)20-4/h6-8,15,19H,5H2,1-4H3. The van der Waals surface area contributed by atoms with Crippen molar-refractivity contribution in [3.05, 3.63) is 50.3 Å². The van der Waals surface area contributed by atoms with Crippen molar-refractivity contribution in [2.45, 2.75) is 26.8 Å². The molecule has 2 aromatic rings. The van der Waals surface area contributed by atoms with Crippen molar-refractivity contribution < 1.29 is 9.15 Å². The second kappa shape index (κ2) is 6.86. The summed E-state index contributed by atoms with van der Waals surface area (Å²) in [5.41, 5.74) is 2.09. The van der Waals surface area contributed by atoms with Crippen LogP contribution in [0, 0.1) is 13.8 Å². The molecule has 0 aliphatic carbocycles. The van der Waals surface area contributed by atoms with Gasteiger partial charge in [-0.2, -0.15) is 0 Å². The average molecular weight is 373 g/mol. The maximum absolute atomic E-state index is 6.22. The largest absolute Gasteiger partial charge is 0.495 e. The summed E-state index contributed by atoms with van der Waals surface area (Å²) in [5.74, 6) is 2.57. The maximum Gasteiger partial charge on any atom is 0.138 e. The van der Waals surface area contributed by atoms with Crippen LogP contribution in [0.25, 0.3) is 0 Å². The Morgan fingerprint density at radius 2 is 2.00 bits per heavy atom. The van der Waals surface area contributed by atoms with Crippen LogP contribution in [-0.4, -0.2) is 13.7 Å².